The summed E-state index contributed by atoms with van der Waals surface area (Å²) in [7, 11) is 5.70. The molecule has 1 heterocycles. The van der Waals surface area contributed by atoms with Crippen LogP contribution in [-0.2, 0) is 5.75 Å². The summed E-state index contributed by atoms with van der Waals surface area (Å²) in [6, 6.07) is 11.8. The van der Waals surface area contributed by atoms with Crippen molar-refractivity contribution in [3.8, 4) is 5.75 Å². The molecule has 0 amide bonds. The third-order valence-electron chi connectivity index (χ3n) is 3.60. The standard InChI is InChI=1S/C17H18ClN3OS/c1-21(2)16-6-4-5-13(18)12(16)10-23-17-19-14-8-7-11(22-3)9-15(14)20-17/h4-9H,10H2,1-3H3,(H,19,20). The Kier molecular flexibility index (Phi) is 4.68. The SMILES string of the molecule is COc1ccc2nc(SCc3c(Cl)cccc3N(C)C)[nH]c2c1. The van der Waals surface area contributed by atoms with E-state index in [0.29, 0.717) is 0 Å². The van der Waals surface area contributed by atoms with Crippen LogP contribution < -0.4 is 9.64 Å². The molecule has 0 saturated heterocycles. The van der Waals surface area contributed by atoms with Gasteiger partial charge in [0.05, 0.1) is 18.1 Å². The molecule has 120 valence electrons. The number of benzene rings is 2. The van der Waals surface area contributed by atoms with E-state index in [1.165, 1.54) is 0 Å². The van der Waals surface area contributed by atoms with Crippen molar-refractivity contribution >= 4 is 40.1 Å². The number of imidazole rings is 1. The van der Waals surface area contributed by atoms with Crippen molar-refractivity contribution in [3.63, 3.8) is 0 Å². The van der Waals surface area contributed by atoms with Crippen molar-refractivity contribution in [1.29, 1.82) is 0 Å². The number of hydrogen-bond acceptors (Lipinski definition) is 4. The molecule has 1 aromatic heterocycles. The van der Waals surface area contributed by atoms with Gasteiger partial charge in [-0.3, -0.25) is 0 Å². The lowest BCUT2D eigenvalue weighted by atomic mass is 10.2. The highest BCUT2D eigenvalue weighted by Gasteiger charge is 2.11. The van der Waals surface area contributed by atoms with Crippen molar-refractivity contribution in [2.75, 3.05) is 26.1 Å². The van der Waals surface area contributed by atoms with Crippen LogP contribution >= 0.6 is 23.4 Å². The molecule has 0 aliphatic rings. The highest BCUT2D eigenvalue weighted by atomic mass is 35.5. The topological polar surface area (TPSA) is 41.1 Å². The third-order valence-corrected chi connectivity index (χ3v) is 4.85. The molecular formula is C17H18ClN3OS. The van der Waals surface area contributed by atoms with Gasteiger partial charge in [-0.1, -0.05) is 29.4 Å². The number of hydrogen-bond donors (Lipinski definition) is 1. The molecule has 1 N–H and O–H groups in total. The van der Waals surface area contributed by atoms with Crippen molar-refractivity contribution in [2.45, 2.75) is 10.9 Å². The summed E-state index contributed by atoms with van der Waals surface area (Å²) in [4.78, 5) is 10.0. The number of H-pyrrole nitrogens is 1. The van der Waals surface area contributed by atoms with Crippen molar-refractivity contribution in [3.05, 3.63) is 47.0 Å². The maximum absolute atomic E-state index is 6.37. The summed E-state index contributed by atoms with van der Waals surface area (Å²) in [5.41, 5.74) is 4.14. The minimum atomic E-state index is 0.754. The van der Waals surface area contributed by atoms with Gasteiger partial charge in [0.25, 0.3) is 0 Å². The van der Waals surface area contributed by atoms with Crippen LogP contribution in [0.3, 0.4) is 0 Å². The maximum Gasteiger partial charge on any atom is 0.166 e. The first-order valence-corrected chi connectivity index (χ1v) is 8.56. The zero-order valence-corrected chi connectivity index (χ0v) is 14.8. The first-order chi connectivity index (χ1) is 11.1. The molecule has 23 heavy (non-hydrogen) atoms. The molecule has 0 spiro atoms. The van der Waals surface area contributed by atoms with Crippen LogP contribution in [0.4, 0.5) is 5.69 Å². The van der Waals surface area contributed by atoms with E-state index in [1.807, 2.05) is 44.4 Å². The summed E-state index contributed by atoms with van der Waals surface area (Å²) in [6.45, 7) is 0. The Morgan fingerprint density at radius 1 is 1.26 bits per heavy atom. The van der Waals surface area contributed by atoms with Gasteiger partial charge < -0.3 is 14.6 Å². The fraction of sp³-hybridized carbons (Fsp3) is 0.235. The fourth-order valence-corrected chi connectivity index (χ4v) is 3.66. The molecule has 0 aliphatic heterocycles. The van der Waals surface area contributed by atoms with Crippen LogP contribution in [0.15, 0.2) is 41.6 Å². The van der Waals surface area contributed by atoms with Crippen molar-refractivity contribution in [2.24, 2.45) is 0 Å². The average Bonchev–Trinajstić information content (AvgIpc) is 2.95. The molecule has 2 aromatic carbocycles. The Morgan fingerprint density at radius 3 is 2.83 bits per heavy atom. The fourth-order valence-electron chi connectivity index (χ4n) is 2.41. The number of thioether (sulfide) groups is 1. The van der Waals surface area contributed by atoms with Gasteiger partial charge in [-0.2, -0.15) is 0 Å². The minimum Gasteiger partial charge on any atom is -0.497 e. The van der Waals surface area contributed by atoms with Crippen LogP contribution in [-0.4, -0.2) is 31.2 Å². The molecule has 0 fully saturated rings. The normalized spacial score (nSPS) is 11.0. The monoisotopic (exact) mass is 347 g/mol. The van der Waals surface area contributed by atoms with Crippen LogP contribution in [0, 0.1) is 0 Å². The van der Waals surface area contributed by atoms with Gasteiger partial charge in [0.15, 0.2) is 5.16 Å². The molecule has 0 unspecified atom stereocenters. The molecule has 3 rings (SSSR count). The number of ether oxygens (including phenoxy) is 1. The molecular weight excluding hydrogens is 330 g/mol. The van der Waals surface area contributed by atoms with Gasteiger partial charge in [0.2, 0.25) is 0 Å². The van der Waals surface area contributed by atoms with E-state index in [2.05, 4.69) is 20.9 Å². The Labute approximate surface area is 144 Å². The summed E-state index contributed by atoms with van der Waals surface area (Å²) < 4.78 is 5.24. The molecule has 0 bridgehead atoms. The maximum atomic E-state index is 6.37. The van der Waals surface area contributed by atoms with Gasteiger partial charge in [-0.15, -0.1) is 0 Å². The van der Waals surface area contributed by atoms with Crippen molar-refractivity contribution < 1.29 is 4.74 Å². The number of aromatic nitrogens is 2. The van der Waals surface area contributed by atoms with E-state index < -0.39 is 0 Å². The Hall–Kier alpha value is -1.85. The predicted octanol–water partition coefficient (Wildman–Crippen LogP) is 4.58. The Bertz CT molecular complexity index is 832. The van der Waals surface area contributed by atoms with Crippen LogP contribution in [0.5, 0.6) is 5.75 Å². The van der Waals surface area contributed by atoms with E-state index in [-0.39, 0.29) is 0 Å². The second kappa shape index (κ2) is 6.72. The lowest BCUT2D eigenvalue weighted by Crippen LogP contribution is -2.11. The average molecular weight is 348 g/mol. The van der Waals surface area contributed by atoms with Crippen LogP contribution in [0.25, 0.3) is 11.0 Å². The largest absolute Gasteiger partial charge is 0.497 e. The van der Waals surface area contributed by atoms with Gasteiger partial charge >= 0.3 is 0 Å². The summed E-state index contributed by atoms with van der Waals surface area (Å²) >= 11 is 8.01. The second-order valence-corrected chi connectivity index (χ2v) is 6.72. The van der Waals surface area contributed by atoms with E-state index in [1.54, 1.807) is 18.9 Å². The quantitative estimate of drug-likeness (QED) is 0.686. The minimum absolute atomic E-state index is 0.754. The van der Waals surface area contributed by atoms with Crippen molar-refractivity contribution in [1.82, 2.24) is 9.97 Å². The zero-order chi connectivity index (χ0) is 16.4. The molecule has 0 saturated carbocycles. The number of methoxy groups -OCH3 is 1. The molecule has 3 aromatic rings. The number of aromatic amines is 1. The highest BCUT2D eigenvalue weighted by Crippen LogP contribution is 2.33. The lowest BCUT2D eigenvalue weighted by molar-refractivity contribution is 0.415. The first kappa shape index (κ1) is 16.0. The molecule has 6 heteroatoms. The molecule has 4 nitrogen and oxygen atoms in total. The number of halogens is 1. The van der Waals surface area contributed by atoms with Gasteiger partial charge in [-0.25, -0.2) is 4.98 Å². The number of fused-ring (bicyclic) bond motifs is 1. The van der Waals surface area contributed by atoms with Gasteiger partial charge in [-0.05, 0) is 24.3 Å². The predicted molar refractivity (Wildman–Crippen MR) is 98.0 cm³/mol. The Balaban J connectivity index is 1.84. The van der Waals surface area contributed by atoms with E-state index in [0.717, 1.165) is 44.0 Å². The van der Waals surface area contributed by atoms with Crippen LogP contribution in [0.2, 0.25) is 5.02 Å². The van der Waals surface area contributed by atoms with E-state index >= 15 is 0 Å². The first-order valence-electron chi connectivity index (χ1n) is 7.20. The molecule has 0 atom stereocenters. The number of rotatable bonds is 5. The Morgan fingerprint density at radius 2 is 2.09 bits per heavy atom. The van der Waals surface area contributed by atoms with Gasteiger partial charge in [0.1, 0.15) is 5.75 Å². The number of nitrogens with zero attached hydrogens (tertiary/aromatic N) is 2. The summed E-state index contributed by atoms with van der Waals surface area (Å²) in [5.74, 6) is 1.57. The number of anilines is 1. The summed E-state index contributed by atoms with van der Waals surface area (Å²) in [5, 5.41) is 1.65. The molecule has 0 aliphatic carbocycles. The smallest absolute Gasteiger partial charge is 0.166 e. The highest BCUT2D eigenvalue weighted by molar-refractivity contribution is 7.98. The molecule has 0 radical (unpaired) electrons. The number of nitrogens with one attached hydrogen (secondary N) is 1. The lowest BCUT2D eigenvalue weighted by Gasteiger charge is -2.18. The van der Waals surface area contributed by atoms with E-state index in [4.69, 9.17) is 16.3 Å². The van der Waals surface area contributed by atoms with Crippen LogP contribution in [0.1, 0.15) is 5.56 Å². The van der Waals surface area contributed by atoms with Gasteiger partial charge in [0, 0.05) is 42.2 Å². The zero-order valence-electron chi connectivity index (χ0n) is 13.3. The third kappa shape index (κ3) is 3.41. The van der Waals surface area contributed by atoms with E-state index in [9.17, 15) is 0 Å². The second-order valence-electron chi connectivity index (χ2n) is 5.35. The summed E-state index contributed by atoms with van der Waals surface area (Å²) in [6.07, 6.45) is 0.